The predicted molar refractivity (Wildman–Crippen MR) is 53.7 cm³/mol. The zero-order valence-electron chi connectivity index (χ0n) is 8.67. The highest BCUT2D eigenvalue weighted by Crippen LogP contribution is 2.21. The molecule has 1 aliphatic rings. The van der Waals surface area contributed by atoms with Gasteiger partial charge in [0.25, 0.3) is 0 Å². The maximum Gasteiger partial charge on any atom is 0.0599 e. The molecule has 0 heterocycles. The van der Waals surface area contributed by atoms with Crippen molar-refractivity contribution in [3.8, 4) is 0 Å². The molecule has 2 nitrogen and oxygen atoms in total. The van der Waals surface area contributed by atoms with Crippen LogP contribution in [0.4, 0.5) is 0 Å². The summed E-state index contributed by atoms with van der Waals surface area (Å²) in [5.74, 6) is 0. The largest absolute Gasteiger partial charge is 0.393 e. The third-order valence-electron chi connectivity index (χ3n) is 2.70. The lowest BCUT2D eigenvalue weighted by molar-refractivity contribution is -0.0156. The summed E-state index contributed by atoms with van der Waals surface area (Å²) in [4.78, 5) is 0. The molecule has 0 aromatic rings. The normalized spacial score (nSPS) is 29.1. The second-order valence-electron chi connectivity index (χ2n) is 4.02. The first kappa shape index (κ1) is 11.0. The van der Waals surface area contributed by atoms with Crippen molar-refractivity contribution in [1.82, 2.24) is 0 Å². The van der Waals surface area contributed by atoms with E-state index in [9.17, 15) is 5.11 Å². The Kier molecular flexibility index (Phi) is 5.40. The lowest BCUT2D eigenvalue weighted by Crippen LogP contribution is -2.26. The summed E-state index contributed by atoms with van der Waals surface area (Å²) in [5.41, 5.74) is 0. The smallest absolute Gasteiger partial charge is 0.0599 e. The minimum absolute atomic E-state index is 0.107. The van der Waals surface area contributed by atoms with Gasteiger partial charge in [-0.3, -0.25) is 0 Å². The average Bonchev–Trinajstić information content (AvgIpc) is 2.13. The highest BCUT2D eigenvalue weighted by molar-refractivity contribution is 4.72. The molecule has 2 heteroatoms. The first-order valence-corrected chi connectivity index (χ1v) is 5.62. The summed E-state index contributed by atoms with van der Waals surface area (Å²) in [6, 6.07) is 0. The zero-order chi connectivity index (χ0) is 9.52. The fourth-order valence-corrected chi connectivity index (χ4v) is 1.87. The van der Waals surface area contributed by atoms with Crippen LogP contribution in [0.5, 0.6) is 0 Å². The highest BCUT2D eigenvalue weighted by Gasteiger charge is 2.19. The Bertz CT molecular complexity index is 125. The van der Waals surface area contributed by atoms with Gasteiger partial charge in [-0.25, -0.2) is 0 Å². The van der Waals surface area contributed by atoms with Crippen LogP contribution in [0.1, 0.15) is 51.9 Å². The number of hydrogen-bond donors (Lipinski definition) is 1. The molecule has 0 amide bonds. The fraction of sp³-hybridized carbons (Fsp3) is 1.00. The van der Waals surface area contributed by atoms with Crippen molar-refractivity contribution in [3.63, 3.8) is 0 Å². The van der Waals surface area contributed by atoms with Crippen molar-refractivity contribution in [3.05, 3.63) is 0 Å². The SMILES string of the molecule is CCCCCOC1CCCC(O)C1. The van der Waals surface area contributed by atoms with Crippen molar-refractivity contribution in [2.24, 2.45) is 0 Å². The third-order valence-corrected chi connectivity index (χ3v) is 2.70. The lowest BCUT2D eigenvalue weighted by atomic mass is 9.95. The molecule has 78 valence electrons. The van der Waals surface area contributed by atoms with Gasteiger partial charge in [-0.15, -0.1) is 0 Å². The van der Waals surface area contributed by atoms with E-state index in [1.165, 1.54) is 19.3 Å². The van der Waals surface area contributed by atoms with Gasteiger partial charge in [-0.1, -0.05) is 19.8 Å². The molecule has 1 fully saturated rings. The van der Waals surface area contributed by atoms with Crippen LogP contribution in [0.25, 0.3) is 0 Å². The summed E-state index contributed by atoms with van der Waals surface area (Å²) in [7, 11) is 0. The molecular formula is C11H22O2. The second-order valence-corrected chi connectivity index (χ2v) is 4.02. The summed E-state index contributed by atoms with van der Waals surface area (Å²) in [5, 5.41) is 9.40. The van der Waals surface area contributed by atoms with Crippen LogP contribution in [-0.4, -0.2) is 23.9 Å². The first-order chi connectivity index (χ1) is 6.33. The topological polar surface area (TPSA) is 29.5 Å². The summed E-state index contributed by atoms with van der Waals surface area (Å²) in [6.07, 6.45) is 7.99. The lowest BCUT2D eigenvalue weighted by Gasteiger charge is -2.25. The number of rotatable bonds is 5. The van der Waals surface area contributed by atoms with E-state index in [1.807, 2.05) is 0 Å². The Labute approximate surface area is 81.3 Å². The second kappa shape index (κ2) is 6.39. The summed E-state index contributed by atoms with van der Waals surface area (Å²) >= 11 is 0. The quantitative estimate of drug-likeness (QED) is 0.668. The van der Waals surface area contributed by atoms with Gasteiger partial charge in [-0.2, -0.15) is 0 Å². The monoisotopic (exact) mass is 186 g/mol. The van der Waals surface area contributed by atoms with Crippen LogP contribution < -0.4 is 0 Å². The first-order valence-electron chi connectivity index (χ1n) is 5.62. The van der Waals surface area contributed by atoms with Gasteiger partial charge >= 0.3 is 0 Å². The molecular weight excluding hydrogens is 164 g/mol. The Balaban J connectivity index is 2.00. The highest BCUT2D eigenvalue weighted by atomic mass is 16.5. The molecule has 0 aliphatic heterocycles. The maximum absolute atomic E-state index is 9.40. The third kappa shape index (κ3) is 4.63. The van der Waals surface area contributed by atoms with E-state index in [0.717, 1.165) is 32.3 Å². The number of aliphatic hydroxyl groups excluding tert-OH is 1. The van der Waals surface area contributed by atoms with Crippen LogP contribution in [0.2, 0.25) is 0 Å². The van der Waals surface area contributed by atoms with E-state index in [2.05, 4.69) is 6.92 Å². The maximum atomic E-state index is 9.40. The van der Waals surface area contributed by atoms with E-state index < -0.39 is 0 Å². The molecule has 1 N–H and O–H groups in total. The van der Waals surface area contributed by atoms with Gasteiger partial charge in [0.2, 0.25) is 0 Å². The zero-order valence-corrected chi connectivity index (χ0v) is 8.67. The average molecular weight is 186 g/mol. The van der Waals surface area contributed by atoms with Gasteiger partial charge in [0.05, 0.1) is 12.2 Å². The molecule has 2 atom stereocenters. The number of unbranched alkanes of at least 4 members (excludes halogenated alkanes) is 2. The van der Waals surface area contributed by atoms with E-state index in [0.29, 0.717) is 6.10 Å². The summed E-state index contributed by atoms with van der Waals surface area (Å²) < 4.78 is 5.70. The Morgan fingerprint density at radius 1 is 1.31 bits per heavy atom. The molecule has 0 aromatic heterocycles. The Hall–Kier alpha value is -0.0800. The summed E-state index contributed by atoms with van der Waals surface area (Å²) in [6.45, 7) is 3.08. The molecule has 1 rings (SSSR count). The molecule has 1 saturated carbocycles. The number of ether oxygens (including phenoxy) is 1. The van der Waals surface area contributed by atoms with Gasteiger partial charge in [0, 0.05) is 6.61 Å². The van der Waals surface area contributed by atoms with Gasteiger partial charge in [0.15, 0.2) is 0 Å². The number of hydrogen-bond acceptors (Lipinski definition) is 2. The molecule has 0 aromatic carbocycles. The van der Waals surface area contributed by atoms with Crippen LogP contribution in [0.15, 0.2) is 0 Å². The Morgan fingerprint density at radius 2 is 2.15 bits per heavy atom. The van der Waals surface area contributed by atoms with Crippen molar-refractivity contribution in [2.45, 2.75) is 64.1 Å². The van der Waals surface area contributed by atoms with Crippen LogP contribution in [-0.2, 0) is 4.74 Å². The molecule has 0 saturated heterocycles. The van der Waals surface area contributed by atoms with Crippen molar-refractivity contribution < 1.29 is 9.84 Å². The minimum atomic E-state index is -0.107. The molecule has 2 unspecified atom stereocenters. The molecule has 0 radical (unpaired) electrons. The minimum Gasteiger partial charge on any atom is -0.393 e. The van der Waals surface area contributed by atoms with E-state index in [4.69, 9.17) is 4.74 Å². The fourth-order valence-electron chi connectivity index (χ4n) is 1.87. The molecule has 13 heavy (non-hydrogen) atoms. The van der Waals surface area contributed by atoms with Gasteiger partial charge in [0.1, 0.15) is 0 Å². The van der Waals surface area contributed by atoms with Crippen LogP contribution in [0.3, 0.4) is 0 Å². The Morgan fingerprint density at radius 3 is 2.85 bits per heavy atom. The molecule has 0 bridgehead atoms. The predicted octanol–water partition coefficient (Wildman–Crippen LogP) is 2.50. The van der Waals surface area contributed by atoms with E-state index >= 15 is 0 Å². The van der Waals surface area contributed by atoms with Crippen LogP contribution >= 0.6 is 0 Å². The van der Waals surface area contributed by atoms with E-state index in [-0.39, 0.29) is 6.10 Å². The molecule has 0 spiro atoms. The molecule has 1 aliphatic carbocycles. The number of aliphatic hydroxyl groups is 1. The van der Waals surface area contributed by atoms with Gasteiger partial charge in [-0.05, 0) is 32.1 Å². The van der Waals surface area contributed by atoms with E-state index in [1.54, 1.807) is 0 Å². The van der Waals surface area contributed by atoms with Crippen molar-refractivity contribution >= 4 is 0 Å². The van der Waals surface area contributed by atoms with Gasteiger partial charge < -0.3 is 9.84 Å². The van der Waals surface area contributed by atoms with Crippen LogP contribution in [0, 0.1) is 0 Å². The van der Waals surface area contributed by atoms with Crippen molar-refractivity contribution in [2.75, 3.05) is 6.61 Å². The van der Waals surface area contributed by atoms with Crippen molar-refractivity contribution in [1.29, 1.82) is 0 Å². The standard InChI is InChI=1S/C11H22O2/c1-2-3-4-8-13-11-7-5-6-10(12)9-11/h10-12H,2-9H2,1H3.